The highest BCUT2D eigenvalue weighted by Gasteiger charge is 2.28. The van der Waals surface area contributed by atoms with Gasteiger partial charge in [0.25, 0.3) is 5.91 Å². The molecule has 4 rings (SSSR count). The van der Waals surface area contributed by atoms with Crippen LogP contribution in [-0.2, 0) is 4.79 Å². The molecule has 1 fully saturated rings. The lowest BCUT2D eigenvalue weighted by molar-refractivity contribution is -0.135. The third-order valence-corrected chi connectivity index (χ3v) is 5.61. The number of benzene rings is 3. The highest BCUT2D eigenvalue weighted by atomic mass is 16.5. The van der Waals surface area contributed by atoms with Crippen LogP contribution in [0.4, 0.5) is 0 Å². The topological polar surface area (TPSA) is 32.8 Å². The van der Waals surface area contributed by atoms with Gasteiger partial charge in [-0.25, -0.2) is 0 Å². The third-order valence-electron chi connectivity index (χ3n) is 5.61. The van der Waals surface area contributed by atoms with E-state index < -0.39 is 0 Å². The number of ether oxygens (including phenoxy) is 1. The number of hydrogen-bond acceptors (Lipinski definition) is 3. The monoisotopic (exact) mass is 400 g/mol. The van der Waals surface area contributed by atoms with Crippen LogP contribution >= 0.6 is 0 Å². The maximum absolute atomic E-state index is 12.7. The lowest BCUT2D eigenvalue weighted by Crippen LogP contribution is -2.51. The molecule has 154 valence electrons. The average molecular weight is 401 g/mol. The van der Waals surface area contributed by atoms with Gasteiger partial charge in [-0.3, -0.25) is 9.69 Å². The fraction of sp³-hybridized carbons (Fsp3) is 0.269. The molecular formula is C26H28N2O2. The lowest BCUT2D eigenvalue weighted by atomic mass is 9.96. The van der Waals surface area contributed by atoms with Crippen molar-refractivity contribution in [1.29, 1.82) is 0 Å². The van der Waals surface area contributed by atoms with Gasteiger partial charge < -0.3 is 9.64 Å². The Balaban J connectivity index is 1.39. The largest absolute Gasteiger partial charge is 0.484 e. The molecule has 0 saturated carbocycles. The third kappa shape index (κ3) is 4.89. The smallest absolute Gasteiger partial charge is 0.260 e. The standard InChI is InChI=1S/C26H28N2O2/c1-21-9-8-14-24(19-21)30-20-25(29)27-15-17-28(18-16-27)26(22-10-4-2-5-11-22)23-12-6-3-7-13-23/h2-14,19,26H,15-18,20H2,1H3. The van der Waals surface area contributed by atoms with Crippen molar-refractivity contribution >= 4 is 5.91 Å². The Morgan fingerprint density at radius 2 is 1.43 bits per heavy atom. The number of rotatable bonds is 6. The summed E-state index contributed by atoms with van der Waals surface area (Å²) >= 11 is 0. The van der Waals surface area contributed by atoms with E-state index in [9.17, 15) is 4.79 Å². The van der Waals surface area contributed by atoms with Crippen LogP contribution in [0.1, 0.15) is 22.7 Å². The lowest BCUT2D eigenvalue weighted by Gasteiger charge is -2.39. The Hall–Kier alpha value is -3.11. The summed E-state index contributed by atoms with van der Waals surface area (Å²) in [4.78, 5) is 17.0. The van der Waals surface area contributed by atoms with Gasteiger partial charge in [-0.1, -0.05) is 72.8 Å². The van der Waals surface area contributed by atoms with Gasteiger partial charge in [-0.15, -0.1) is 0 Å². The van der Waals surface area contributed by atoms with Crippen LogP contribution in [0, 0.1) is 6.92 Å². The first-order valence-electron chi connectivity index (χ1n) is 10.5. The van der Waals surface area contributed by atoms with Gasteiger partial charge in [0, 0.05) is 26.2 Å². The number of carbonyl (C=O) groups excluding carboxylic acids is 1. The van der Waals surface area contributed by atoms with Crippen molar-refractivity contribution < 1.29 is 9.53 Å². The summed E-state index contributed by atoms with van der Waals surface area (Å²) in [6, 6.07) is 29.2. The van der Waals surface area contributed by atoms with Gasteiger partial charge in [-0.05, 0) is 35.7 Å². The Bertz CT molecular complexity index is 912. The van der Waals surface area contributed by atoms with Crippen LogP contribution in [-0.4, -0.2) is 48.5 Å². The summed E-state index contributed by atoms with van der Waals surface area (Å²) < 4.78 is 5.71. The second kappa shape index (κ2) is 9.59. The fourth-order valence-corrected chi connectivity index (χ4v) is 4.06. The van der Waals surface area contributed by atoms with Crippen molar-refractivity contribution in [2.45, 2.75) is 13.0 Å². The van der Waals surface area contributed by atoms with Crippen molar-refractivity contribution in [3.63, 3.8) is 0 Å². The van der Waals surface area contributed by atoms with Crippen LogP contribution in [0.15, 0.2) is 84.9 Å². The number of nitrogens with zero attached hydrogens (tertiary/aromatic N) is 2. The molecule has 0 radical (unpaired) electrons. The van der Waals surface area contributed by atoms with Gasteiger partial charge in [0.2, 0.25) is 0 Å². The molecule has 0 N–H and O–H groups in total. The molecule has 4 nitrogen and oxygen atoms in total. The van der Waals surface area contributed by atoms with Gasteiger partial charge in [0.05, 0.1) is 6.04 Å². The van der Waals surface area contributed by atoms with E-state index in [2.05, 4.69) is 65.6 Å². The molecule has 0 unspecified atom stereocenters. The minimum atomic E-state index is 0.0483. The van der Waals surface area contributed by atoms with Gasteiger partial charge >= 0.3 is 0 Å². The fourth-order valence-electron chi connectivity index (χ4n) is 4.06. The molecule has 0 aliphatic carbocycles. The first-order chi connectivity index (χ1) is 14.7. The minimum Gasteiger partial charge on any atom is -0.484 e. The van der Waals surface area contributed by atoms with E-state index in [0.717, 1.165) is 24.4 Å². The van der Waals surface area contributed by atoms with Crippen molar-refractivity contribution in [2.75, 3.05) is 32.8 Å². The highest BCUT2D eigenvalue weighted by molar-refractivity contribution is 5.77. The second-order valence-corrected chi connectivity index (χ2v) is 7.75. The van der Waals surface area contributed by atoms with E-state index in [4.69, 9.17) is 4.74 Å². The molecule has 3 aromatic rings. The summed E-state index contributed by atoms with van der Waals surface area (Å²) in [5, 5.41) is 0. The number of hydrogen-bond donors (Lipinski definition) is 0. The Morgan fingerprint density at radius 1 is 0.833 bits per heavy atom. The van der Waals surface area contributed by atoms with Crippen LogP contribution in [0.25, 0.3) is 0 Å². The predicted octanol–water partition coefficient (Wildman–Crippen LogP) is 4.31. The number of amides is 1. The average Bonchev–Trinajstić information content (AvgIpc) is 2.80. The molecule has 1 aliphatic heterocycles. The molecule has 4 heteroatoms. The van der Waals surface area contributed by atoms with E-state index in [0.29, 0.717) is 13.1 Å². The molecule has 1 aliphatic rings. The molecule has 0 spiro atoms. The molecule has 1 saturated heterocycles. The number of carbonyl (C=O) groups is 1. The Labute approximate surface area is 178 Å². The van der Waals surface area contributed by atoms with E-state index >= 15 is 0 Å². The van der Waals surface area contributed by atoms with Crippen LogP contribution in [0.2, 0.25) is 0 Å². The van der Waals surface area contributed by atoms with Crippen molar-refractivity contribution in [2.24, 2.45) is 0 Å². The summed E-state index contributed by atoms with van der Waals surface area (Å²) in [6.07, 6.45) is 0. The zero-order valence-electron chi connectivity index (χ0n) is 17.4. The van der Waals surface area contributed by atoms with Gasteiger partial charge in [0.1, 0.15) is 5.75 Å². The Morgan fingerprint density at radius 3 is 2.00 bits per heavy atom. The van der Waals surface area contributed by atoms with Gasteiger partial charge in [0.15, 0.2) is 6.61 Å². The Kier molecular flexibility index (Phi) is 6.45. The molecular weight excluding hydrogens is 372 g/mol. The molecule has 0 bridgehead atoms. The maximum Gasteiger partial charge on any atom is 0.260 e. The molecule has 1 amide bonds. The number of piperazine rings is 1. The SMILES string of the molecule is Cc1cccc(OCC(=O)N2CCN(C(c3ccccc3)c3ccccc3)CC2)c1. The predicted molar refractivity (Wildman–Crippen MR) is 120 cm³/mol. The van der Waals surface area contributed by atoms with E-state index in [1.54, 1.807) is 0 Å². The van der Waals surface area contributed by atoms with Crippen molar-refractivity contribution in [3.05, 3.63) is 102 Å². The van der Waals surface area contributed by atoms with E-state index in [1.165, 1.54) is 11.1 Å². The summed E-state index contributed by atoms with van der Waals surface area (Å²) in [6.45, 7) is 5.21. The summed E-state index contributed by atoms with van der Waals surface area (Å²) in [5.41, 5.74) is 3.69. The first kappa shape index (κ1) is 20.2. The number of aryl methyl sites for hydroxylation is 1. The quantitative estimate of drug-likeness (QED) is 0.618. The maximum atomic E-state index is 12.7. The van der Waals surface area contributed by atoms with Crippen molar-refractivity contribution in [1.82, 2.24) is 9.80 Å². The molecule has 1 heterocycles. The first-order valence-corrected chi connectivity index (χ1v) is 10.5. The van der Waals surface area contributed by atoms with Crippen LogP contribution in [0.3, 0.4) is 0 Å². The molecule has 3 aromatic carbocycles. The zero-order valence-corrected chi connectivity index (χ0v) is 17.4. The van der Waals surface area contributed by atoms with Gasteiger partial charge in [-0.2, -0.15) is 0 Å². The second-order valence-electron chi connectivity index (χ2n) is 7.75. The highest BCUT2D eigenvalue weighted by Crippen LogP contribution is 2.29. The molecule has 0 aromatic heterocycles. The zero-order chi connectivity index (χ0) is 20.8. The minimum absolute atomic E-state index is 0.0483. The molecule has 0 atom stereocenters. The van der Waals surface area contributed by atoms with Crippen molar-refractivity contribution in [3.8, 4) is 5.75 Å². The normalized spacial score (nSPS) is 14.7. The molecule has 30 heavy (non-hydrogen) atoms. The summed E-state index contributed by atoms with van der Waals surface area (Å²) in [7, 11) is 0. The van der Waals surface area contributed by atoms with Crippen LogP contribution < -0.4 is 4.74 Å². The summed E-state index contributed by atoms with van der Waals surface area (Å²) in [5.74, 6) is 0.794. The van der Waals surface area contributed by atoms with E-state index in [1.807, 2.05) is 36.1 Å². The van der Waals surface area contributed by atoms with Crippen LogP contribution in [0.5, 0.6) is 5.75 Å². The van der Waals surface area contributed by atoms with E-state index in [-0.39, 0.29) is 18.6 Å².